The number of aliphatic hydroxyl groups excluding tert-OH is 1. The number of aromatic nitrogens is 1. The van der Waals surface area contributed by atoms with E-state index in [1.165, 1.54) is 11.1 Å². The lowest BCUT2D eigenvalue weighted by Crippen LogP contribution is -2.49. The Bertz CT molecular complexity index is 1060. The van der Waals surface area contributed by atoms with Gasteiger partial charge >= 0.3 is 0 Å². The Morgan fingerprint density at radius 1 is 1.27 bits per heavy atom. The monoisotopic (exact) mass is 420 g/mol. The molecule has 30 heavy (non-hydrogen) atoms. The number of carbonyl (C=O) groups excluding carboxylic acids is 1. The van der Waals surface area contributed by atoms with Crippen molar-refractivity contribution in [2.45, 2.75) is 38.5 Å². The van der Waals surface area contributed by atoms with Gasteiger partial charge in [0.1, 0.15) is 0 Å². The van der Waals surface area contributed by atoms with E-state index in [-0.39, 0.29) is 11.9 Å². The van der Waals surface area contributed by atoms with Gasteiger partial charge in [-0.3, -0.25) is 4.79 Å². The number of aliphatic hydroxyl groups is 1. The molecule has 0 bridgehead atoms. The summed E-state index contributed by atoms with van der Waals surface area (Å²) in [4.78, 5) is 19.3. The van der Waals surface area contributed by atoms with Crippen molar-refractivity contribution in [3.8, 4) is 11.3 Å². The number of thiazole rings is 1. The lowest BCUT2D eigenvalue weighted by molar-refractivity contribution is -0.0572. The molecule has 0 saturated carbocycles. The summed E-state index contributed by atoms with van der Waals surface area (Å²) in [5.41, 5.74) is 9.35. The number of amides is 1. The molecular formula is C24H24N2O3S. The van der Waals surface area contributed by atoms with Gasteiger partial charge in [0.05, 0.1) is 30.0 Å². The molecule has 0 unspecified atom stereocenters. The fourth-order valence-electron chi connectivity index (χ4n) is 4.45. The Labute approximate surface area is 180 Å². The van der Waals surface area contributed by atoms with E-state index in [2.05, 4.69) is 42.2 Å². The van der Waals surface area contributed by atoms with Gasteiger partial charge in [0.25, 0.3) is 5.91 Å². The second-order valence-corrected chi connectivity index (χ2v) is 8.83. The lowest BCUT2D eigenvalue weighted by Gasteiger charge is -2.34. The van der Waals surface area contributed by atoms with Crippen LogP contribution in [0, 0.1) is 6.92 Å². The lowest BCUT2D eigenvalue weighted by atomic mass is 9.95. The highest BCUT2D eigenvalue weighted by atomic mass is 32.1. The van der Waals surface area contributed by atoms with Crippen LogP contribution >= 0.6 is 11.3 Å². The van der Waals surface area contributed by atoms with Crippen LogP contribution in [0.2, 0.25) is 0 Å². The zero-order valence-electron chi connectivity index (χ0n) is 16.9. The van der Waals surface area contributed by atoms with E-state index in [9.17, 15) is 9.90 Å². The van der Waals surface area contributed by atoms with Gasteiger partial charge in [0, 0.05) is 29.7 Å². The van der Waals surface area contributed by atoms with E-state index in [0.717, 1.165) is 34.4 Å². The highest BCUT2D eigenvalue weighted by molar-refractivity contribution is 7.07. The Hall–Kier alpha value is -2.54. The number of hydrogen-bond donors (Lipinski definition) is 1. The number of aryl methyl sites for hydroxylation is 1. The molecule has 0 radical (unpaired) electrons. The van der Waals surface area contributed by atoms with Crippen LogP contribution in [0.15, 0.2) is 47.3 Å². The van der Waals surface area contributed by atoms with Gasteiger partial charge in [-0.1, -0.05) is 30.3 Å². The summed E-state index contributed by atoms with van der Waals surface area (Å²) in [6, 6.07) is 12.5. The number of fused-ring (bicyclic) bond motifs is 1. The first-order chi connectivity index (χ1) is 14.6. The normalized spacial score (nSPS) is 21.1. The van der Waals surface area contributed by atoms with Gasteiger partial charge in [0.2, 0.25) is 0 Å². The van der Waals surface area contributed by atoms with Crippen molar-refractivity contribution in [2.24, 2.45) is 0 Å². The molecule has 0 aliphatic carbocycles. The van der Waals surface area contributed by atoms with Crippen molar-refractivity contribution in [1.29, 1.82) is 0 Å². The number of ether oxygens (including phenoxy) is 1. The maximum absolute atomic E-state index is 13.1. The third-order valence-corrected chi connectivity index (χ3v) is 6.75. The average molecular weight is 421 g/mol. The smallest absolute Gasteiger partial charge is 0.254 e. The zero-order valence-corrected chi connectivity index (χ0v) is 17.7. The van der Waals surface area contributed by atoms with Gasteiger partial charge in [0.15, 0.2) is 0 Å². The molecule has 2 aromatic carbocycles. The first-order valence-electron chi connectivity index (χ1n) is 10.3. The summed E-state index contributed by atoms with van der Waals surface area (Å²) in [5.74, 6) is 0.0241. The molecular weight excluding hydrogens is 396 g/mol. The van der Waals surface area contributed by atoms with Crippen LogP contribution in [0.4, 0.5) is 0 Å². The number of hydrogen-bond acceptors (Lipinski definition) is 5. The molecule has 2 atom stereocenters. The Morgan fingerprint density at radius 3 is 2.83 bits per heavy atom. The van der Waals surface area contributed by atoms with E-state index in [4.69, 9.17) is 4.74 Å². The van der Waals surface area contributed by atoms with Crippen LogP contribution in [0.1, 0.15) is 39.0 Å². The molecule has 1 saturated heterocycles. The van der Waals surface area contributed by atoms with Gasteiger partial charge in [-0.25, -0.2) is 4.98 Å². The number of nitrogens with zero attached hydrogens (tertiary/aromatic N) is 2. The summed E-state index contributed by atoms with van der Waals surface area (Å²) in [7, 11) is 0. The Balaban J connectivity index is 1.37. The van der Waals surface area contributed by atoms with E-state index in [1.54, 1.807) is 11.3 Å². The Morgan fingerprint density at radius 2 is 2.10 bits per heavy atom. The second-order valence-electron chi connectivity index (χ2n) is 8.11. The molecule has 3 aromatic rings. The summed E-state index contributed by atoms with van der Waals surface area (Å²) in [6.45, 7) is 3.56. The number of rotatable bonds is 4. The van der Waals surface area contributed by atoms with Crippen LogP contribution in [-0.4, -0.2) is 46.3 Å². The van der Waals surface area contributed by atoms with Crippen LogP contribution in [0.3, 0.4) is 0 Å². The second kappa shape index (κ2) is 7.95. The highest BCUT2D eigenvalue weighted by Crippen LogP contribution is 2.31. The van der Waals surface area contributed by atoms with Crippen molar-refractivity contribution < 1.29 is 14.6 Å². The minimum atomic E-state index is -0.617. The fraction of sp³-hybridized carbons (Fsp3) is 0.333. The molecule has 2 aliphatic rings. The summed E-state index contributed by atoms with van der Waals surface area (Å²) < 4.78 is 5.33. The number of carbonyl (C=O) groups is 1. The summed E-state index contributed by atoms with van der Waals surface area (Å²) >= 11 is 1.60. The highest BCUT2D eigenvalue weighted by Gasteiger charge is 2.37. The molecule has 0 spiro atoms. The topological polar surface area (TPSA) is 62.7 Å². The third-order valence-electron chi connectivity index (χ3n) is 6.16. The van der Waals surface area contributed by atoms with Crippen molar-refractivity contribution >= 4 is 17.2 Å². The molecule has 1 amide bonds. The molecule has 3 heterocycles. The molecule has 1 aromatic heterocycles. The van der Waals surface area contributed by atoms with E-state index < -0.39 is 6.10 Å². The van der Waals surface area contributed by atoms with Crippen molar-refractivity contribution in [3.05, 3.63) is 75.1 Å². The third kappa shape index (κ3) is 3.55. The molecule has 1 fully saturated rings. The Kier molecular flexibility index (Phi) is 5.15. The molecule has 5 rings (SSSR count). The molecule has 154 valence electrons. The first-order valence-corrected chi connectivity index (χ1v) is 11.2. The van der Waals surface area contributed by atoms with E-state index >= 15 is 0 Å². The quantitative estimate of drug-likeness (QED) is 0.697. The summed E-state index contributed by atoms with van der Waals surface area (Å²) in [5, 5.41) is 12.3. The van der Waals surface area contributed by atoms with Crippen LogP contribution in [0.25, 0.3) is 11.3 Å². The van der Waals surface area contributed by atoms with Gasteiger partial charge in [-0.05, 0) is 48.1 Å². The van der Waals surface area contributed by atoms with Gasteiger partial charge in [-0.15, -0.1) is 11.3 Å². The van der Waals surface area contributed by atoms with Gasteiger partial charge in [-0.2, -0.15) is 0 Å². The predicted molar refractivity (Wildman–Crippen MR) is 117 cm³/mol. The predicted octanol–water partition coefficient (Wildman–Crippen LogP) is 3.81. The van der Waals surface area contributed by atoms with E-state index in [0.29, 0.717) is 26.2 Å². The fourth-order valence-corrected chi connectivity index (χ4v) is 5.02. The van der Waals surface area contributed by atoms with Crippen LogP contribution in [-0.2, 0) is 17.7 Å². The maximum Gasteiger partial charge on any atom is 0.254 e. The standard InChI is InChI=1S/C24H24N2O3S/c1-15-8-19-11-26(22-6-7-29-12-23(22)27)24(28)20(19)10-18(15)9-16-2-4-17(5-3-16)21-13-30-14-25-21/h2-5,8,10,13-14,22-23,27H,6-7,9,11-12H2,1H3/t22-,23-/m0/s1. The van der Waals surface area contributed by atoms with E-state index in [1.807, 2.05) is 21.9 Å². The SMILES string of the molecule is Cc1cc2c(cc1Cc1ccc(-c3cscn3)cc1)C(=O)N([C@H]1CCOC[C@@H]1O)C2. The summed E-state index contributed by atoms with van der Waals surface area (Å²) in [6.07, 6.45) is 0.843. The van der Waals surface area contributed by atoms with Crippen molar-refractivity contribution in [2.75, 3.05) is 13.2 Å². The zero-order chi connectivity index (χ0) is 20.7. The number of benzene rings is 2. The van der Waals surface area contributed by atoms with Crippen LogP contribution in [0.5, 0.6) is 0 Å². The first kappa shape index (κ1) is 19.4. The van der Waals surface area contributed by atoms with Crippen molar-refractivity contribution in [1.82, 2.24) is 9.88 Å². The minimum Gasteiger partial charge on any atom is -0.389 e. The van der Waals surface area contributed by atoms with Crippen LogP contribution < -0.4 is 0 Å². The molecule has 1 N–H and O–H groups in total. The molecule has 5 nitrogen and oxygen atoms in total. The van der Waals surface area contributed by atoms with Crippen molar-refractivity contribution in [3.63, 3.8) is 0 Å². The largest absolute Gasteiger partial charge is 0.389 e. The van der Waals surface area contributed by atoms with Gasteiger partial charge < -0.3 is 14.7 Å². The minimum absolute atomic E-state index is 0.0241. The average Bonchev–Trinajstić information content (AvgIpc) is 3.39. The molecule has 6 heteroatoms. The maximum atomic E-state index is 13.1. The molecule has 2 aliphatic heterocycles.